The minimum Gasteiger partial charge on any atom is -0.490 e. The number of nitrogens with zero attached hydrogens (tertiary/aromatic N) is 1. The second kappa shape index (κ2) is 4.52. The van der Waals surface area contributed by atoms with Gasteiger partial charge in [0.05, 0.1) is 0 Å². The highest BCUT2D eigenvalue weighted by molar-refractivity contribution is 5.62. The number of hydrogen-bond acceptors (Lipinski definition) is 3. The molecule has 0 bridgehead atoms. The third-order valence-electron chi connectivity index (χ3n) is 3.76. The largest absolute Gasteiger partial charge is 0.490 e. The smallest absolute Gasteiger partial charge is 0.207 e. The van der Waals surface area contributed by atoms with Gasteiger partial charge in [-0.05, 0) is 25.5 Å². The maximum atomic E-state index is 10.5. The van der Waals surface area contributed by atoms with E-state index in [0.29, 0.717) is 0 Å². The zero-order valence-electron chi connectivity index (χ0n) is 10.6. The third-order valence-corrected chi connectivity index (χ3v) is 3.76. The first-order valence-corrected chi connectivity index (χ1v) is 6.51. The first kappa shape index (κ1) is 11.4. The average Bonchev–Trinajstić information content (AvgIpc) is 2.94. The monoisotopic (exact) mass is 246 g/mol. The minimum absolute atomic E-state index is 0.271. The summed E-state index contributed by atoms with van der Waals surface area (Å²) >= 11 is 0. The fourth-order valence-corrected chi connectivity index (χ4v) is 2.92. The van der Waals surface area contributed by atoms with Crippen molar-refractivity contribution in [1.82, 2.24) is 5.32 Å². The number of carbonyl (C=O) groups excluding carboxylic acids is 1. The number of benzene rings is 1. The molecule has 2 atom stereocenters. The summed E-state index contributed by atoms with van der Waals surface area (Å²) in [5.41, 5.74) is 2.59. The molecule has 0 radical (unpaired) electrons. The van der Waals surface area contributed by atoms with Crippen molar-refractivity contribution in [2.24, 2.45) is 0 Å². The second-order valence-electron chi connectivity index (χ2n) is 5.10. The Balaban J connectivity index is 1.82. The van der Waals surface area contributed by atoms with E-state index in [1.54, 1.807) is 0 Å². The maximum absolute atomic E-state index is 10.5. The molecular weight excluding hydrogens is 228 g/mol. The topological polar surface area (TPSA) is 41.6 Å². The number of hydrogen-bond donors (Lipinski definition) is 1. The van der Waals surface area contributed by atoms with Crippen LogP contribution in [0.15, 0.2) is 18.2 Å². The van der Waals surface area contributed by atoms with E-state index >= 15 is 0 Å². The van der Waals surface area contributed by atoms with Gasteiger partial charge in [0.25, 0.3) is 0 Å². The lowest BCUT2D eigenvalue weighted by atomic mass is 10.1. The van der Waals surface area contributed by atoms with Crippen LogP contribution in [0.4, 0.5) is 5.69 Å². The van der Waals surface area contributed by atoms with Crippen LogP contribution < -0.4 is 15.0 Å². The number of nitrogens with one attached hydrogen (secondary N) is 1. The van der Waals surface area contributed by atoms with Gasteiger partial charge in [-0.3, -0.25) is 4.79 Å². The summed E-state index contributed by atoms with van der Waals surface area (Å²) in [5.74, 6) is 1.02. The molecule has 1 unspecified atom stereocenters. The van der Waals surface area contributed by atoms with E-state index in [2.05, 4.69) is 23.2 Å². The lowest BCUT2D eigenvalue weighted by Gasteiger charge is -2.21. The Kier molecular flexibility index (Phi) is 2.86. The molecule has 1 saturated heterocycles. The van der Waals surface area contributed by atoms with Gasteiger partial charge in [-0.25, -0.2) is 0 Å². The second-order valence-corrected chi connectivity index (χ2v) is 5.10. The van der Waals surface area contributed by atoms with Crippen LogP contribution >= 0.6 is 0 Å². The zero-order valence-corrected chi connectivity index (χ0v) is 10.6. The van der Waals surface area contributed by atoms with Gasteiger partial charge in [-0.1, -0.05) is 6.07 Å². The molecule has 2 aliphatic heterocycles. The lowest BCUT2D eigenvalue weighted by Crippen LogP contribution is -2.31. The molecule has 3 rings (SSSR count). The van der Waals surface area contributed by atoms with Crippen molar-refractivity contribution in [3.05, 3.63) is 23.8 Å². The molecular formula is C14H18N2O2. The summed E-state index contributed by atoms with van der Waals surface area (Å²) in [4.78, 5) is 12.8. The quantitative estimate of drug-likeness (QED) is 0.818. The van der Waals surface area contributed by atoms with Gasteiger partial charge in [-0.15, -0.1) is 0 Å². The molecule has 1 amide bonds. The normalized spacial score (nSPS) is 25.7. The SMILES string of the molecule is CC1Cc2c(cccc2N2CC[C@H](NC=O)C2)O1. The number of ether oxygens (including phenoxy) is 1. The molecule has 1 fully saturated rings. The third kappa shape index (κ3) is 1.92. The zero-order chi connectivity index (χ0) is 12.5. The van der Waals surface area contributed by atoms with Gasteiger partial charge in [0.1, 0.15) is 11.9 Å². The van der Waals surface area contributed by atoms with Crippen molar-refractivity contribution >= 4 is 12.1 Å². The van der Waals surface area contributed by atoms with Crippen LogP contribution in [0, 0.1) is 0 Å². The molecule has 0 spiro atoms. The van der Waals surface area contributed by atoms with E-state index < -0.39 is 0 Å². The molecule has 0 saturated carbocycles. The number of amides is 1. The van der Waals surface area contributed by atoms with Crippen molar-refractivity contribution in [2.75, 3.05) is 18.0 Å². The van der Waals surface area contributed by atoms with Crippen molar-refractivity contribution in [3.8, 4) is 5.75 Å². The van der Waals surface area contributed by atoms with Crippen LogP contribution in [0.3, 0.4) is 0 Å². The Morgan fingerprint density at radius 2 is 2.39 bits per heavy atom. The van der Waals surface area contributed by atoms with Crippen LogP contribution in [-0.2, 0) is 11.2 Å². The number of rotatable bonds is 3. The Morgan fingerprint density at radius 1 is 1.50 bits per heavy atom. The Bertz CT molecular complexity index is 461. The van der Waals surface area contributed by atoms with Gasteiger partial charge in [0, 0.05) is 36.8 Å². The number of fused-ring (bicyclic) bond motifs is 1. The molecule has 0 aromatic heterocycles. The Labute approximate surface area is 107 Å². The fourth-order valence-electron chi connectivity index (χ4n) is 2.92. The van der Waals surface area contributed by atoms with E-state index in [9.17, 15) is 4.79 Å². The van der Waals surface area contributed by atoms with Crippen LogP contribution in [0.5, 0.6) is 5.75 Å². The first-order chi connectivity index (χ1) is 8.78. The van der Waals surface area contributed by atoms with Crippen molar-refractivity contribution in [3.63, 3.8) is 0 Å². The minimum atomic E-state index is 0.271. The van der Waals surface area contributed by atoms with Gasteiger partial charge in [0.2, 0.25) is 6.41 Å². The predicted octanol–water partition coefficient (Wildman–Crippen LogP) is 1.33. The van der Waals surface area contributed by atoms with E-state index in [4.69, 9.17) is 4.74 Å². The summed E-state index contributed by atoms with van der Waals surface area (Å²) in [6, 6.07) is 6.52. The molecule has 1 aromatic carbocycles. The summed E-state index contributed by atoms with van der Waals surface area (Å²) in [6.07, 6.45) is 3.06. The van der Waals surface area contributed by atoms with Crippen LogP contribution in [0.25, 0.3) is 0 Å². The molecule has 2 aliphatic rings. The molecule has 4 nitrogen and oxygen atoms in total. The Hall–Kier alpha value is -1.71. The van der Waals surface area contributed by atoms with Gasteiger partial charge >= 0.3 is 0 Å². The van der Waals surface area contributed by atoms with Crippen molar-refractivity contribution in [2.45, 2.75) is 31.9 Å². The number of anilines is 1. The molecule has 4 heteroatoms. The Morgan fingerprint density at radius 3 is 3.22 bits per heavy atom. The molecule has 18 heavy (non-hydrogen) atoms. The van der Waals surface area contributed by atoms with Crippen LogP contribution in [0.1, 0.15) is 18.9 Å². The van der Waals surface area contributed by atoms with Crippen molar-refractivity contribution < 1.29 is 9.53 Å². The van der Waals surface area contributed by atoms with Gasteiger partial charge in [0.15, 0.2) is 0 Å². The highest BCUT2D eigenvalue weighted by Crippen LogP contribution is 2.37. The predicted molar refractivity (Wildman–Crippen MR) is 70.1 cm³/mol. The summed E-state index contributed by atoms with van der Waals surface area (Å²) < 4.78 is 5.78. The lowest BCUT2D eigenvalue weighted by molar-refractivity contribution is -0.110. The van der Waals surface area contributed by atoms with Crippen molar-refractivity contribution in [1.29, 1.82) is 0 Å². The summed E-state index contributed by atoms with van der Waals surface area (Å²) in [5, 5.41) is 2.87. The summed E-state index contributed by atoms with van der Waals surface area (Å²) in [7, 11) is 0. The molecule has 96 valence electrons. The molecule has 0 aliphatic carbocycles. The van der Waals surface area contributed by atoms with E-state index in [1.165, 1.54) is 11.3 Å². The molecule has 1 aromatic rings. The molecule has 1 N–H and O–H groups in total. The van der Waals surface area contributed by atoms with E-state index in [-0.39, 0.29) is 12.1 Å². The fraction of sp³-hybridized carbons (Fsp3) is 0.500. The van der Waals surface area contributed by atoms with E-state index in [0.717, 1.165) is 38.1 Å². The molecule has 2 heterocycles. The van der Waals surface area contributed by atoms with Gasteiger partial charge in [-0.2, -0.15) is 0 Å². The standard InChI is InChI=1S/C14H18N2O2/c1-10-7-12-13(3-2-4-14(12)18-10)16-6-5-11(8-16)15-9-17/h2-4,9-11H,5-8H2,1H3,(H,15,17)/t10?,11-/m0/s1. The van der Waals surface area contributed by atoms with Crippen LogP contribution in [-0.4, -0.2) is 31.6 Å². The van der Waals surface area contributed by atoms with Gasteiger partial charge < -0.3 is 15.0 Å². The average molecular weight is 246 g/mol. The highest BCUT2D eigenvalue weighted by Gasteiger charge is 2.28. The van der Waals surface area contributed by atoms with Crippen LogP contribution in [0.2, 0.25) is 0 Å². The highest BCUT2D eigenvalue weighted by atomic mass is 16.5. The summed E-state index contributed by atoms with van der Waals surface area (Å²) in [6.45, 7) is 3.99. The van der Waals surface area contributed by atoms with E-state index in [1.807, 2.05) is 12.1 Å². The number of carbonyl (C=O) groups is 1. The first-order valence-electron chi connectivity index (χ1n) is 6.51. The maximum Gasteiger partial charge on any atom is 0.207 e.